The molecule has 18 heavy (non-hydrogen) atoms. The van der Waals surface area contributed by atoms with E-state index >= 15 is 0 Å². The van der Waals surface area contributed by atoms with Gasteiger partial charge in [0.2, 0.25) is 5.95 Å². The average molecular weight is 248 g/mol. The summed E-state index contributed by atoms with van der Waals surface area (Å²) < 4.78 is 10.5. The van der Waals surface area contributed by atoms with Gasteiger partial charge in [-0.3, -0.25) is 0 Å². The van der Waals surface area contributed by atoms with E-state index in [4.69, 9.17) is 9.47 Å². The number of hydrogen-bond acceptors (Lipinski definition) is 6. The number of hydrogen-bond donors (Lipinski definition) is 1. The third kappa shape index (κ3) is 4.65. The molecule has 0 saturated carbocycles. The van der Waals surface area contributed by atoms with Gasteiger partial charge in [-0.15, -0.1) is 11.6 Å². The molecular weight excluding hydrogens is 232 g/mol. The number of anilines is 1. The van der Waals surface area contributed by atoms with Gasteiger partial charge in [0.05, 0.1) is 0 Å². The van der Waals surface area contributed by atoms with Gasteiger partial charge in [0.1, 0.15) is 13.2 Å². The van der Waals surface area contributed by atoms with Crippen LogP contribution in [0.15, 0.2) is 38.0 Å². The zero-order chi connectivity index (χ0) is 13.2. The van der Waals surface area contributed by atoms with Crippen LogP contribution in [0, 0.1) is 0 Å². The molecule has 0 aliphatic heterocycles. The fraction of sp³-hybridized carbons (Fsp3) is 0.250. The van der Waals surface area contributed by atoms with Gasteiger partial charge in [-0.25, -0.2) is 0 Å². The molecule has 6 nitrogen and oxygen atoms in total. The fourth-order valence-electron chi connectivity index (χ4n) is 0.977. The monoisotopic (exact) mass is 248 g/mol. The van der Waals surface area contributed by atoms with E-state index < -0.39 is 0 Å². The number of ether oxygens (including phenoxy) is 2. The molecule has 0 aliphatic rings. The third-order valence-electron chi connectivity index (χ3n) is 1.66. The van der Waals surface area contributed by atoms with Gasteiger partial charge in [-0.05, 0) is 0 Å². The van der Waals surface area contributed by atoms with E-state index in [0.29, 0.717) is 25.7 Å². The predicted molar refractivity (Wildman–Crippen MR) is 69.9 cm³/mol. The molecule has 0 aromatic carbocycles. The van der Waals surface area contributed by atoms with Crippen molar-refractivity contribution in [1.29, 1.82) is 0 Å². The number of nitrogens with one attached hydrogen (secondary N) is 1. The standard InChI is InChI=1S/C12H16N4O2/c1-4-7-13-10-14-11(17-8-5-2)16-12(15-10)18-9-6-3/h4-6H,1-3,7-9H2,(H,13,14,15,16). The van der Waals surface area contributed by atoms with Crippen LogP contribution in [-0.2, 0) is 0 Å². The molecule has 1 N–H and O–H groups in total. The Kier molecular flexibility index (Phi) is 5.96. The van der Waals surface area contributed by atoms with E-state index in [9.17, 15) is 0 Å². The maximum absolute atomic E-state index is 5.24. The Balaban J connectivity index is 2.83. The summed E-state index contributed by atoms with van der Waals surface area (Å²) >= 11 is 0. The van der Waals surface area contributed by atoms with Gasteiger partial charge >= 0.3 is 12.0 Å². The van der Waals surface area contributed by atoms with Crippen molar-refractivity contribution in [1.82, 2.24) is 15.0 Å². The maximum Gasteiger partial charge on any atom is 0.324 e. The fourth-order valence-corrected chi connectivity index (χ4v) is 0.977. The molecule has 1 aromatic heterocycles. The summed E-state index contributed by atoms with van der Waals surface area (Å²) in [6, 6.07) is 0.353. The summed E-state index contributed by atoms with van der Waals surface area (Å²) in [5.41, 5.74) is 0. The third-order valence-corrected chi connectivity index (χ3v) is 1.66. The molecule has 0 radical (unpaired) electrons. The first-order chi connectivity index (χ1) is 8.80. The summed E-state index contributed by atoms with van der Waals surface area (Å²) in [4.78, 5) is 12.1. The second-order valence-corrected chi connectivity index (χ2v) is 3.09. The second-order valence-electron chi connectivity index (χ2n) is 3.09. The lowest BCUT2D eigenvalue weighted by atomic mass is 10.6. The molecule has 0 bridgehead atoms. The summed E-state index contributed by atoms with van der Waals surface area (Å²) in [5, 5.41) is 2.94. The van der Waals surface area contributed by atoms with Crippen molar-refractivity contribution >= 4 is 5.95 Å². The van der Waals surface area contributed by atoms with Crippen LogP contribution in [0.5, 0.6) is 12.0 Å². The zero-order valence-electron chi connectivity index (χ0n) is 10.1. The first-order valence-electron chi connectivity index (χ1n) is 5.38. The first kappa shape index (κ1) is 13.7. The Bertz CT molecular complexity index is 346. The highest BCUT2D eigenvalue weighted by Gasteiger charge is 2.07. The molecule has 1 heterocycles. The average Bonchev–Trinajstić information content (AvgIpc) is 2.40. The minimum Gasteiger partial charge on any atom is -0.459 e. The lowest BCUT2D eigenvalue weighted by molar-refractivity contribution is 0.299. The highest BCUT2D eigenvalue weighted by Crippen LogP contribution is 2.12. The molecule has 0 saturated heterocycles. The molecule has 6 heteroatoms. The van der Waals surface area contributed by atoms with Crippen LogP contribution in [0.4, 0.5) is 5.95 Å². The van der Waals surface area contributed by atoms with Gasteiger partial charge in [0.25, 0.3) is 0 Å². The van der Waals surface area contributed by atoms with Crippen molar-refractivity contribution in [3.05, 3.63) is 38.0 Å². The van der Waals surface area contributed by atoms with E-state index in [1.54, 1.807) is 18.2 Å². The smallest absolute Gasteiger partial charge is 0.324 e. The van der Waals surface area contributed by atoms with E-state index in [1.165, 1.54) is 0 Å². The topological polar surface area (TPSA) is 69.2 Å². The van der Waals surface area contributed by atoms with E-state index in [-0.39, 0.29) is 12.0 Å². The van der Waals surface area contributed by atoms with Gasteiger partial charge in [0.15, 0.2) is 0 Å². The summed E-state index contributed by atoms with van der Waals surface area (Å²) in [7, 11) is 0. The summed E-state index contributed by atoms with van der Waals surface area (Å²) in [6.45, 7) is 11.9. The number of nitrogens with zero attached hydrogens (tertiary/aromatic N) is 3. The Morgan fingerprint density at radius 3 is 1.89 bits per heavy atom. The van der Waals surface area contributed by atoms with E-state index in [1.807, 2.05) is 0 Å². The van der Waals surface area contributed by atoms with E-state index in [0.717, 1.165) is 0 Å². The predicted octanol–water partition coefficient (Wildman–Crippen LogP) is 1.60. The molecule has 0 unspecified atom stereocenters. The van der Waals surface area contributed by atoms with E-state index in [2.05, 4.69) is 40.0 Å². The lowest BCUT2D eigenvalue weighted by Crippen LogP contribution is -2.09. The van der Waals surface area contributed by atoms with Crippen LogP contribution in [0.25, 0.3) is 0 Å². The summed E-state index contributed by atoms with van der Waals surface area (Å²) in [6.07, 6.45) is 4.90. The molecule has 96 valence electrons. The largest absolute Gasteiger partial charge is 0.459 e. The zero-order valence-corrected chi connectivity index (χ0v) is 10.1. The Labute approximate surface area is 106 Å². The quantitative estimate of drug-likeness (QED) is 0.669. The Hall–Kier alpha value is -2.37. The second kappa shape index (κ2) is 7.83. The molecule has 0 aliphatic carbocycles. The number of rotatable bonds is 9. The SMILES string of the molecule is C=CCNc1nc(OCC=C)nc(OCC=C)n1. The normalized spacial score (nSPS) is 9.33. The molecule has 0 amide bonds. The van der Waals surface area contributed by atoms with Crippen molar-refractivity contribution in [2.45, 2.75) is 0 Å². The first-order valence-corrected chi connectivity index (χ1v) is 5.38. The van der Waals surface area contributed by atoms with Gasteiger partial charge < -0.3 is 14.8 Å². The maximum atomic E-state index is 5.24. The van der Waals surface area contributed by atoms with Crippen molar-refractivity contribution < 1.29 is 9.47 Å². The van der Waals surface area contributed by atoms with Crippen molar-refractivity contribution in [3.8, 4) is 12.0 Å². The Morgan fingerprint density at radius 2 is 1.44 bits per heavy atom. The van der Waals surface area contributed by atoms with Crippen LogP contribution >= 0.6 is 0 Å². The van der Waals surface area contributed by atoms with Crippen LogP contribution in [0.3, 0.4) is 0 Å². The molecule has 0 atom stereocenters. The molecule has 1 aromatic rings. The van der Waals surface area contributed by atoms with Gasteiger partial charge in [-0.1, -0.05) is 31.4 Å². The van der Waals surface area contributed by atoms with Crippen molar-refractivity contribution in [2.24, 2.45) is 0 Å². The van der Waals surface area contributed by atoms with Gasteiger partial charge in [0, 0.05) is 6.54 Å². The van der Waals surface area contributed by atoms with Crippen LogP contribution in [0.1, 0.15) is 0 Å². The highest BCUT2D eigenvalue weighted by atomic mass is 16.5. The van der Waals surface area contributed by atoms with Crippen LogP contribution in [0.2, 0.25) is 0 Å². The molecule has 0 spiro atoms. The van der Waals surface area contributed by atoms with Crippen molar-refractivity contribution in [2.75, 3.05) is 25.1 Å². The Morgan fingerprint density at radius 1 is 0.889 bits per heavy atom. The van der Waals surface area contributed by atoms with Crippen LogP contribution in [-0.4, -0.2) is 34.7 Å². The minimum atomic E-state index is 0.176. The number of aromatic nitrogens is 3. The minimum absolute atomic E-state index is 0.176. The molecule has 1 rings (SSSR count). The van der Waals surface area contributed by atoms with Crippen LogP contribution < -0.4 is 14.8 Å². The summed E-state index contributed by atoms with van der Waals surface area (Å²) in [5.74, 6) is 0.364. The van der Waals surface area contributed by atoms with Gasteiger partial charge in [-0.2, -0.15) is 9.97 Å². The molecule has 0 fully saturated rings. The lowest BCUT2D eigenvalue weighted by Gasteiger charge is -2.07. The van der Waals surface area contributed by atoms with Crippen molar-refractivity contribution in [3.63, 3.8) is 0 Å². The highest BCUT2D eigenvalue weighted by molar-refractivity contribution is 5.28. The molecular formula is C12H16N4O2.